The van der Waals surface area contributed by atoms with Gasteiger partial charge < -0.3 is 25.8 Å². The second kappa shape index (κ2) is 12.9. The van der Waals surface area contributed by atoms with Crippen molar-refractivity contribution in [3.63, 3.8) is 0 Å². The third kappa shape index (κ3) is 5.89. The molecule has 8 rings (SSSR count). The SMILES string of the molecule is CC.[B]C([B])(c1cccc(C(=O)NC)n1)N1CC(n2ncc3c2CN(C)c2c(Nc4cc(NC(=O)C5CC5)nc5cc(C)nn45)cccc2-3)C1. The summed E-state index contributed by atoms with van der Waals surface area (Å²) in [5.74, 6) is 0.955. The molecule has 4 radical (unpaired) electrons. The highest BCUT2D eigenvalue weighted by Crippen LogP contribution is 2.45. The Kier molecular flexibility index (Phi) is 8.63. The van der Waals surface area contributed by atoms with Crippen molar-refractivity contribution in [2.45, 2.75) is 51.5 Å². The van der Waals surface area contributed by atoms with Crippen molar-refractivity contribution < 1.29 is 9.59 Å². The Morgan fingerprint density at radius 3 is 2.50 bits per heavy atom. The van der Waals surface area contributed by atoms with Gasteiger partial charge in [0.25, 0.3) is 5.91 Å². The predicted molar refractivity (Wildman–Crippen MR) is 195 cm³/mol. The normalized spacial score (nSPS) is 15.7. The van der Waals surface area contributed by atoms with Crippen LogP contribution in [0.1, 0.15) is 60.3 Å². The summed E-state index contributed by atoms with van der Waals surface area (Å²) >= 11 is 0. The van der Waals surface area contributed by atoms with Crippen molar-refractivity contribution in [3.05, 3.63) is 77.5 Å². The van der Waals surface area contributed by atoms with E-state index < -0.39 is 5.34 Å². The first-order valence-corrected chi connectivity index (χ1v) is 17.0. The standard InChI is InChI=1S/C33H33B2N11O2.C2H6/c1-18-12-28-40-27(41-31(47)19-10-11-19)13-29(46(28)42-18)39-23-7-4-6-21-22-14-37-45(25(22)17-43(3)30(21)23)20-15-44(16-20)33(34,35)26-9-5-8-24(38-26)32(48)36-2;1-2/h4-9,12-14,19-20,39H,10-11,15-17H2,1-3H3,(H,36,48)(H,40,41,47);1-2H3. The highest BCUT2D eigenvalue weighted by molar-refractivity contribution is 6.39. The van der Waals surface area contributed by atoms with Gasteiger partial charge in [-0.25, -0.2) is 9.97 Å². The van der Waals surface area contributed by atoms with Gasteiger partial charge in [-0.15, -0.1) is 0 Å². The molecule has 1 aliphatic carbocycles. The van der Waals surface area contributed by atoms with E-state index >= 15 is 0 Å². The van der Waals surface area contributed by atoms with Crippen molar-refractivity contribution in [2.75, 3.05) is 42.7 Å². The van der Waals surface area contributed by atoms with E-state index in [0.717, 1.165) is 46.7 Å². The second-order valence-electron chi connectivity index (χ2n) is 12.8. The van der Waals surface area contributed by atoms with Gasteiger partial charge in [-0.05, 0) is 43.3 Å². The van der Waals surface area contributed by atoms with E-state index in [1.807, 2.05) is 56.1 Å². The second-order valence-corrected chi connectivity index (χ2v) is 12.8. The van der Waals surface area contributed by atoms with Gasteiger partial charge in [0.05, 0.1) is 57.2 Å². The lowest BCUT2D eigenvalue weighted by Gasteiger charge is -2.50. The maximum Gasteiger partial charge on any atom is 0.269 e. The maximum atomic E-state index is 12.6. The molecule has 1 saturated heterocycles. The largest absolute Gasteiger partial charge is 0.366 e. The summed E-state index contributed by atoms with van der Waals surface area (Å²) in [6.07, 6.45) is 3.75. The van der Waals surface area contributed by atoms with Crippen LogP contribution < -0.4 is 20.9 Å². The highest BCUT2D eigenvalue weighted by Gasteiger charge is 2.41. The fourth-order valence-electron chi connectivity index (χ4n) is 6.60. The van der Waals surface area contributed by atoms with E-state index in [1.165, 1.54) is 0 Å². The zero-order valence-corrected chi connectivity index (χ0v) is 28.9. The number of nitrogens with one attached hydrogen (secondary N) is 3. The molecule has 13 nitrogen and oxygen atoms in total. The van der Waals surface area contributed by atoms with Gasteiger partial charge in [0.2, 0.25) is 5.91 Å². The van der Waals surface area contributed by atoms with Crippen molar-refractivity contribution >= 4 is 56.2 Å². The molecule has 252 valence electrons. The molecule has 5 aromatic rings. The van der Waals surface area contributed by atoms with Crippen LogP contribution in [0.4, 0.5) is 23.0 Å². The van der Waals surface area contributed by atoms with Crippen molar-refractivity contribution in [2.24, 2.45) is 5.92 Å². The van der Waals surface area contributed by atoms with Gasteiger partial charge in [0.15, 0.2) is 5.65 Å². The number of likely N-dealkylation sites (tertiary alicyclic amines) is 1. The number of carbonyl (C=O) groups is 2. The number of hydrogen-bond donors (Lipinski definition) is 3. The molecular formula is C35H39B2N11O2. The summed E-state index contributed by atoms with van der Waals surface area (Å²) in [7, 11) is 16.8. The number of nitrogens with zero attached hydrogens (tertiary/aromatic N) is 8. The molecule has 0 atom stereocenters. The van der Waals surface area contributed by atoms with E-state index in [-0.39, 0.29) is 29.5 Å². The monoisotopic (exact) mass is 667 g/mol. The van der Waals surface area contributed by atoms with Gasteiger partial charge >= 0.3 is 0 Å². The first-order chi connectivity index (χ1) is 24.1. The van der Waals surface area contributed by atoms with E-state index in [2.05, 4.69) is 53.7 Å². The zero-order chi connectivity index (χ0) is 35.3. The minimum atomic E-state index is -1.34. The lowest BCUT2D eigenvalue weighted by molar-refractivity contribution is -0.117. The summed E-state index contributed by atoms with van der Waals surface area (Å²) in [6.45, 7) is 7.71. The fraction of sp³-hybridized carbons (Fsp3) is 0.371. The lowest BCUT2D eigenvalue weighted by atomic mass is 9.57. The molecule has 6 heterocycles. The van der Waals surface area contributed by atoms with Gasteiger partial charge in [-0.3, -0.25) is 14.3 Å². The Hall–Kier alpha value is -5.17. The minimum Gasteiger partial charge on any atom is -0.366 e. The first-order valence-electron chi connectivity index (χ1n) is 17.0. The molecular weight excluding hydrogens is 628 g/mol. The lowest BCUT2D eigenvalue weighted by Crippen LogP contribution is -2.60. The molecule has 0 spiro atoms. The molecule has 2 amide bonds. The van der Waals surface area contributed by atoms with Crippen molar-refractivity contribution in [1.82, 2.24) is 39.6 Å². The molecule has 4 aromatic heterocycles. The van der Waals surface area contributed by atoms with E-state index in [1.54, 1.807) is 29.8 Å². The number of hydrogen-bond acceptors (Lipinski definition) is 9. The van der Waals surface area contributed by atoms with E-state index in [4.69, 9.17) is 20.8 Å². The molecule has 1 saturated carbocycles. The number of aromatic nitrogens is 6. The molecule has 1 aromatic carbocycles. The Balaban J connectivity index is 0.00000193. The van der Waals surface area contributed by atoms with Crippen LogP contribution in [0.2, 0.25) is 0 Å². The van der Waals surface area contributed by atoms with Gasteiger partial charge in [0.1, 0.15) is 17.3 Å². The quantitative estimate of drug-likeness (QED) is 0.212. The fourth-order valence-corrected chi connectivity index (χ4v) is 6.60. The maximum absolute atomic E-state index is 12.6. The average Bonchev–Trinajstić information content (AvgIpc) is 3.77. The molecule has 50 heavy (non-hydrogen) atoms. The number of amides is 2. The van der Waals surface area contributed by atoms with Crippen LogP contribution in [0.25, 0.3) is 16.8 Å². The molecule has 3 aliphatic rings. The molecule has 3 N–H and O–H groups in total. The summed E-state index contributed by atoms with van der Waals surface area (Å²) in [6, 6.07) is 15.0. The molecule has 15 heteroatoms. The third-order valence-corrected chi connectivity index (χ3v) is 9.36. The van der Waals surface area contributed by atoms with Crippen molar-refractivity contribution in [3.8, 4) is 11.1 Å². The Bertz CT molecular complexity index is 2100. The van der Waals surface area contributed by atoms with Crippen LogP contribution in [0, 0.1) is 12.8 Å². The Morgan fingerprint density at radius 1 is 1.00 bits per heavy atom. The molecule has 2 aliphatic heterocycles. The number of rotatable bonds is 8. The third-order valence-electron chi connectivity index (χ3n) is 9.36. The number of pyridine rings is 1. The number of benzene rings is 1. The van der Waals surface area contributed by atoms with E-state index in [9.17, 15) is 9.59 Å². The van der Waals surface area contributed by atoms with Gasteiger partial charge in [-0.2, -0.15) is 14.7 Å². The topological polar surface area (TPSA) is 138 Å². The van der Waals surface area contributed by atoms with Gasteiger partial charge in [-0.1, -0.05) is 32.0 Å². The van der Waals surface area contributed by atoms with E-state index in [0.29, 0.717) is 42.6 Å². The molecule has 0 bridgehead atoms. The zero-order valence-electron chi connectivity index (χ0n) is 28.9. The molecule has 2 fully saturated rings. The average molecular weight is 667 g/mol. The van der Waals surface area contributed by atoms with Crippen molar-refractivity contribution in [1.29, 1.82) is 0 Å². The minimum absolute atomic E-state index is 0.000449. The van der Waals surface area contributed by atoms with Crippen LogP contribution in [-0.2, 0) is 16.7 Å². The smallest absolute Gasteiger partial charge is 0.269 e. The number of carbonyl (C=O) groups excluding carboxylic acids is 2. The highest BCUT2D eigenvalue weighted by atomic mass is 16.2. The van der Waals surface area contributed by atoms with Crippen LogP contribution in [0.15, 0.2) is 54.7 Å². The van der Waals surface area contributed by atoms with Crippen LogP contribution in [-0.4, -0.2) is 89.0 Å². The van der Waals surface area contributed by atoms with Crippen LogP contribution in [0.5, 0.6) is 0 Å². The Morgan fingerprint density at radius 2 is 1.76 bits per heavy atom. The summed E-state index contributed by atoms with van der Waals surface area (Å²) in [4.78, 5) is 37.9. The number of anilines is 4. The van der Waals surface area contributed by atoms with Crippen LogP contribution in [0.3, 0.4) is 0 Å². The molecule has 0 unspecified atom stereocenters. The summed E-state index contributed by atoms with van der Waals surface area (Å²) < 4.78 is 3.83. The summed E-state index contributed by atoms with van der Waals surface area (Å²) in [5.41, 5.74) is 7.30. The number of para-hydroxylation sites is 1. The first kappa shape index (κ1) is 33.3. The predicted octanol–water partition coefficient (Wildman–Crippen LogP) is 3.73. The number of aryl methyl sites for hydroxylation is 1. The summed E-state index contributed by atoms with van der Waals surface area (Å²) in [5, 5.41) is 17.3. The van der Waals surface area contributed by atoms with Crippen LogP contribution >= 0.6 is 0 Å². The van der Waals surface area contributed by atoms with Gasteiger partial charge in [0, 0.05) is 62.1 Å². The number of fused-ring (bicyclic) bond motifs is 4. The Labute approximate surface area is 293 Å².